The maximum Gasteiger partial charge on any atom is 0.279 e. The molecule has 1 aromatic carbocycles. The summed E-state index contributed by atoms with van der Waals surface area (Å²) < 4.78 is 0. The molecular weight excluding hydrogens is 300 g/mol. The van der Waals surface area contributed by atoms with Crippen molar-refractivity contribution in [3.63, 3.8) is 0 Å². The largest absolute Gasteiger partial charge is 0.405 e. The quantitative estimate of drug-likeness (QED) is 0.401. The Morgan fingerprint density at radius 2 is 2.11 bits per heavy atom. The molecule has 2 N–H and O–H groups in total. The maximum absolute atomic E-state index is 11.8. The molecule has 96 valence electrons. The van der Waals surface area contributed by atoms with Crippen LogP contribution in [0.2, 0.25) is 0 Å². The topological polar surface area (TPSA) is 86.2 Å². The van der Waals surface area contributed by atoms with E-state index in [4.69, 9.17) is 5.73 Å². The van der Waals surface area contributed by atoms with E-state index in [2.05, 4.69) is 15.9 Å². The summed E-state index contributed by atoms with van der Waals surface area (Å²) in [4.78, 5) is 22.4. The number of benzene rings is 1. The zero-order valence-corrected chi connectivity index (χ0v) is 11.7. The molecule has 0 spiro atoms. The van der Waals surface area contributed by atoms with Crippen molar-refractivity contribution in [2.75, 3.05) is 5.33 Å². The molecule has 0 aliphatic carbocycles. The summed E-state index contributed by atoms with van der Waals surface area (Å²) in [7, 11) is 0. The van der Waals surface area contributed by atoms with E-state index in [-0.39, 0.29) is 16.8 Å². The third kappa shape index (κ3) is 2.59. The van der Waals surface area contributed by atoms with Gasteiger partial charge in [-0.3, -0.25) is 14.9 Å². The van der Waals surface area contributed by atoms with E-state index in [1.165, 1.54) is 18.3 Å². The molecule has 0 aliphatic heterocycles. The molecule has 0 saturated heterocycles. The monoisotopic (exact) mass is 312 g/mol. The minimum atomic E-state index is -0.458. The van der Waals surface area contributed by atoms with Gasteiger partial charge in [-0.25, -0.2) is 0 Å². The van der Waals surface area contributed by atoms with Crippen LogP contribution in [0.25, 0.3) is 6.08 Å². The highest BCUT2D eigenvalue weighted by Gasteiger charge is 2.22. The molecule has 0 amide bonds. The van der Waals surface area contributed by atoms with Gasteiger partial charge in [0.15, 0.2) is 5.78 Å². The number of nitrogens with zero attached hydrogens (tertiary/aromatic N) is 1. The first-order valence-corrected chi connectivity index (χ1v) is 6.32. The second-order valence-electron chi connectivity index (χ2n) is 3.78. The summed E-state index contributed by atoms with van der Waals surface area (Å²) in [6.07, 6.45) is 2.65. The molecule has 0 aromatic heterocycles. The molecule has 1 aromatic rings. The molecule has 0 heterocycles. The predicted octanol–water partition coefficient (Wildman–Crippen LogP) is 2.72. The first-order chi connectivity index (χ1) is 8.43. The average Bonchev–Trinajstić information content (AvgIpc) is 2.32. The van der Waals surface area contributed by atoms with E-state index in [1.54, 1.807) is 13.8 Å². The normalized spacial score (nSPS) is 10.8. The zero-order valence-electron chi connectivity index (χ0n) is 10.1. The van der Waals surface area contributed by atoms with Gasteiger partial charge < -0.3 is 5.73 Å². The minimum absolute atomic E-state index is 0.0136. The van der Waals surface area contributed by atoms with Crippen LogP contribution in [0.4, 0.5) is 5.69 Å². The van der Waals surface area contributed by atoms with Crippen LogP contribution in [-0.2, 0) is 0 Å². The Morgan fingerprint density at radius 1 is 1.50 bits per heavy atom. The number of nitrogens with two attached hydrogens (primary N) is 1. The van der Waals surface area contributed by atoms with Gasteiger partial charge in [0.05, 0.1) is 15.8 Å². The van der Waals surface area contributed by atoms with E-state index in [0.717, 1.165) is 0 Å². The van der Waals surface area contributed by atoms with Crippen molar-refractivity contribution >= 4 is 33.5 Å². The Morgan fingerprint density at radius 3 is 2.56 bits per heavy atom. The van der Waals surface area contributed by atoms with E-state index in [1.807, 2.05) is 0 Å². The van der Waals surface area contributed by atoms with Crippen molar-refractivity contribution in [3.8, 4) is 0 Å². The second kappa shape index (κ2) is 5.77. The molecule has 0 atom stereocenters. The first-order valence-electron chi connectivity index (χ1n) is 5.20. The van der Waals surface area contributed by atoms with Crippen molar-refractivity contribution in [2.24, 2.45) is 5.73 Å². The van der Waals surface area contributed by atoms with Crippen LogP contribution < -0.4 is 5.73 Å². The van der Waals surface area contributed by atoms with Crippen molar-refractivity contribution in [1.29, 1.82) is 0 Å². The number of Topliss-reactive ketones (excluding diaryl/α,β-unsaturated/α-hetero) is 1. The van der Waals surface area contributed by atoms with Crippen molar-refractivity contribution in [2.45, 2.75) is 13.8 Å². The fourth-order valence-electron chi connectivity index (χ4n) is 1.76. The van der Waals surface area contributed by atoms with Crippen LogP contribution in [-0.4, -0.2) is 16.0 Å². The molecule has 5 nitrogen and oxygen atoms in total. The Kier molecular flexibility index (Phi) is 4.61. The van der Waals surface area contributed by atoms with Gasteiger partial charge in [0, 0.05) is 11.1 Å². The summed E-state index contributed by atoms with van der Waals surface area (Å²) in [6, 6.07) is 1.51. The van der Waals surface area contributed by atoms with Crippen molar-refractivity contribution in [1.82, 2.24) is 0 Å². The third-order valence-corrected chi connectivity index (χ3v) is 3.28. The highest BCUT2D eigenvalue weighted by atomic mass is 79.9. The number of rotatable bonds is 4. The lowest BCUT2D eigenvalue weighted by Gasteiger charge is -2.10. The molecule has 0 aliphatic rings. The van der Waals surface area contributed by atoms with Crippen LogP contribution >= 0.6 is 15.9 Å². The molecule has 6 heteroatoms. The standard InChI is InChI=1S/C12H13BrN2O3/c1-7-8(2)12(15(17)18)9(3-4-14)5-10(7)11(16)6-13/h3-5H,6,14H2,1-2H3. The number of ketones is 1. The molecule has 1 rings (SSSR count). The van der Waals surface area contributed by atoms with Gasteiger partial charge in [-0.2, -0.15) is 0 Å². The van der Waals surface area contributed by atoms with Gasteiger partial charge in [-0.1, -0.05) is 15.9 Å². The number of halogens is 1. The summed E-state index contributed by atoms with van der Waals surface area (Å²) in [5.74, 6) is -0.114. The number of hydrogen-bond donors (Lipinski definition) is 1. The summed E-state index contributed by atoms with van der Waals surface area (Å²) in [5.41, 5.74) is 7.19. The number of hydrogen-bond acceptors (Lipinski definition) is 4. The number of carbonyl (C=O) groups is 1. The number of nitro benzene ring substituents is 1. The molecular formula is C12H13BrN2O3. The van der Waals surface area contributed by atoms with Gasteiger partial charge in [-0.15, -0.1) is 0 Å². The fourth-order valence-corrected chi connectivity index (χ4v) is 2.06. The fraction of sp³-hybridized carbons (Fsp3) is 0.250. The first kappa shape index (κ1) is 14.4. The number of carbonyl (C=O) groups excluding carboxylic acids is 1. The van der Waals surface area contributed by atoms with E-state index < -0.39 is 4.92 Å². The number of alkyl halides is 1. The lowest BCUT2D eigenvalue weighted by Crippen LogP contribution is -2.07. The van der Waals surface area contributed by atoms with Gasteiger partial charge >= 0.3 is 0 Å². The molecule has 0 saturated carbocycles. The lowest BCUT2D eigenvalue weighted by atomic mass is 9.95. The van der Waals surface area contributed by atoms with Gasteiger partial charge in [0.1, 0.15) is 0 Å². The Balaban J connectivity index is 3.63. The van der Waals surface area contributed by atoms with Crippen molar-refractivity contribution < 1.29 is 9.72 Å². The third-order valence-electron chi connectivity index (χ3n) is 2.78. The predicted molar refractivity (Wildman–Crippen MR) is 73.9 cm³/mol. The molecule has 0 unspecified atom stereocenters. The van der Waals surface area contributed by atoms with Crippen LogP contribution in [0.5, 0.6) is 0 Å². The Labute approximate surface area is 113 Å². The molecule has 0 fully saturated rings. The highest BCUT2D eigenvalue weighted by Crippen LogP contribution is 2.30. The summed E-state index contributed by atoms with van der Waals surface area (Å²) in [5, 5.41) is 11.2. The van der Waals surface area contributed by atoms with E-state index in [0.29, 0.717) is 22.3 Å². The SMILES string of the molecule is Cc1c(C(=O)CBr)cc(C=CN)c([N+](=O)[O-])c1C. The second-order valence-corrected chi connectivity index (χ2v) is 4.35. The molecule has 0 radical (unpaired) electrons. The molecule has 0 bridgehead atoms. The number of nitro groups is 1. The lowest BCUT2D eigenvalue weighted by molar-refractivity contribution is -0.385. The van der Waals surface area contributed by atoms with E-state index in [9.17, 15) is 14.9 Å². The summed E-state index contributed by atoms with van der Waals surface area (Å²) >= 11 is 3.10. The molecule has 18 heavy (non-hydrogen) atoms. The smallest absolute Gasteiger partial charge is 0.279 e. The maximum atomic E-state index is 11.8. The van der Waals surface area contributed by atoms with Crippen LogP contribution in [0, 0.1) is 24.0 Å². The average molecular weight is 313 g/mol. The Hall–Kier alpha value is -1.69. The van der Waals surface area contributed by atoms with Crippen molar-refractivity contribution in [3.05, 3.63) is 44.6 Å². The van der Waals surface area contributed by atoms with Gasteiger partial charge in [0.2, 0.25) is 0 Å². The van der Waals surface area contributed by atoms with E-state index >= 15 is 0 Å². The highest BCUT2D eigenvalue weighted by molar-refractivity contribution is 9.09. The minimum Gasteiger partial charge on any atom is -0.405 e. The van der Waals surface area contributed by atoms with Crippen LogP contribution in [0.1, 0.15) is 27.0 Å². The van der Waals surface area contributed by atoms with Gasteiger partial charge in [0.25, 0.3) is 5.69 Å². The zero-order chi connectivity index (χ0) is 13.9. The van der Waals surface area contributed by atoms with Crippen LogP contribution in [0.3, 0.4) is 0 Å². The summed E-state index contributed by atoms with van der Waals surface area (Å²) in [6.45, 7) is 3.33. The van der Waals surface area contributed by atoms with Gasteiger partial charge in [-0.05, 0) is 37.8 Å². The van der Waals surface area contributed by atoms with Crippen LogP contribution in [0.15, 0.2) is 12.3 Å². The Bertz CT molecular complexity index is 539.